The van der Waals surface area contributed by atoms with Gasteiger partial charge >= 0.3 is 0 Å². The third-order valence-corrected chi connectivity index (χ3v) is 2.63. The molecule has 3 nitrogen and oxygen atoms in total. The van der Waals surface area contributed by atoms with Crippen LogP contribution >= 0.6 is 0 Å². The predicted octanol–water partition coefficient (Wildman–Crippen LogP) is 2.62. The lowest BCUT2D eigenvalue weighted by Crippen LogP contribution is -2.07. The maximum atomic E-state index is 5.32. The van der Waals surface area contributed by atoms with Crippen LogP contribution < -0.4 is 0 Å². The van der Waals surface area contributed by atoms with Crippen molar-refractivity contribution >= 4 is 0 Å². The molecule has 1 aromatic heterocycles. The molecule has 1 heterocycles. The third kappa shape index (κ3) is 3.68. The first kappa shape index (κ1) is 12.3. The van der Waals surface area contributed by atoms with Crippen molar-refractivity contribution < 1.29 is 9.47 Å². The van der Waals surface area contributed by atoms with Crippen molar-refractivity contribution in [3.63, 3.8) is 0 Å². The molecule has 0 aromatic carbocycles. The number of rotatable bonds is 7. The van der Waals surface area contributed by atoms with Gasteiger partial charge in [0.15, 0.2) is 0 Å². The van der Waals surface area contributed by atoms with Crippen molar-refractivity contribution in [3.8, 4) is 0 Å². The first-order valence-corrected chi connectivity index (χ1v) is 5.46. The lowest BCUT2D eigenvalue weighted by atomic mass is 10.2. The lowest BCUT2D eigenvalue weighted by molar-refractivity contribution is 0.112. The van der Waals surface area contributed by atoms with Gasteiger partial charge in [0.05, 0.1) is 6.10 Å². The first-order valence-electron chi connectivity index (χ1n) is 5.46. The summed E-state index contributed by atoms with van der Waals surface area (Å²) in [6.07, 6.45) is 4.53. The van der Waals surface area contributed by atoms with Gasteiger partial charge in [0.25, 0.3) is 0 Å². The quantitative estimate of drug-likeness (QED) is 0.647. The highest BCUT2D eigenvalue weighted by Gasteiger charge is 2.07. The number of unbranched alkanes of at least 4 members (excludes halogenated alkanes) is 1. The highest BCUT2D eigenvalue weighted by molar-refractivity contribution is 5.09. The Bertz CT molecular complexity index is 270. The second-order valence-corrected chi connectivity index (χ2v) is 3.70. The number of hydrogen-bond acceptors (Lipinski definition) is 2. The van der Waals surface area contributed by atoms with Crippen LogP contribution in [0.25, 0.3) is 0 Å². The molecule has 1 rings (SSSR count). The van der Waals surface area contributed by atoms with E-state index in [9.17, 15) is 0 Å². The van der Waals surface area contributed by atoms with Crippen LogP contribution in [0.15, 0.2) is 18.3 Å². The van der Waals surface area contributed by atoms with Gasteiger partial charge in [0.1, 0.15) is 0 Å². The number of ether oxygens (including phenoxy) is 2. The highest BCUT2D eigenvalue weighted by Crippen LogP contribution is 2.16. The summed E-state index contributed by atoms with van der Waals surface area (Å²) in [4.78, 5) is 0. The number of aromatic nitrogens is 1. The minimum absolute atomic E-state index is 0.169. The topological polar surface area (TPSA) is 23.4 Å². The van der Waals surface area contributed by atoms with Crippen LogP contribution in [0.3, 0.4) is 0 Å². The molecule has 86 valence electrons. The van der Waals surface area contributed by atoms with Crippen molar-refractivity contribution in [2.24, 2.45) is 0 Å². The smallest absolute Gasteiger partial charge is 0.0942 e. The Morgan fingerprint density at radius 2 is 2.13 bits per heavy atom. The average Bonchev–Trinajstić information content (AvgIpc) is 2.71. The van der Waals surface area contributed by atoms with Gasteiger partial charge in [-0.2, -0.15) is 0 Å². The number of methoxy groups -OCH3 is 2. The molecule has 3 heteroatoms. The summed E-state index contributed by atoms with van der Waals surface area (Å²) in [5.41, 5.74) is 1.25. The van der Waals surface area contributed by atoms with Crippen molar-refractivity contribution in [1.29, 1.82) is 0 Å². The molecular weight excluding hydrogens is 190 g/mol. The monoisotopic (exact) mass is 211 g/mol. The Hall–Kier alpha value is -0.800. The SMILES string of the molecule is COCCCCn1cccc1C(C)OC. The molecule has 0 aliphatic rings. The van der Waals surface area contributed by atoms with E-state index in [2.05, 4.69) is 29.8 Å². The zero-order chi connectivity index (χ0) is 11.1. The van der Waals surface area contributed by atoms with Crippen LogP contribution in [0.1, 0.15) is 31.6 Å². The Morgan fingerprint density at radius 3 is 2.80 bits per heavy atom. The molecule has 0 spiro atoms. The minimum atomic E-state index is 0.169. The molecular formula is C12H21NO2. The highest BCUT2D eigenvalue weighted by atomic mass is 16.5. The minimum Gasteiger partial charge on any atom is -0.385 e. The summed E-state index contributed by atoms with van der Waals surface area (Å²) < 4.78 is 12.6. The third-order valence-electron chi connectivity index (χ3n) is 2.63. The van der Waals surface area contributed by atoms with Gasteiger partial charge in [0.2, 0.25) is 0 Å². The second-order valence-electron chi connectivity index (χ2n) is 3.70. The summed E-state index contributed by atoms with van der Waals surface area (Å²) in [6, 6.07) is 4.19. The van der Waals surface area contributed by atoms with Crippen LogP contribution in [0.5, 0.6) is 0 Å². The molecule has 0 bridgehead atoms. The molecule has 0 amide bonds. The molecule has 0 saturated heterocycles. The number of nitrogens with zero attached hydrogens (tertiary/aromatic N) is 1. The molecule has 0 aliphatic carbocycles. The van der Waals surface area contributed by atoms with Gasteiger partial charge < -0.3 is 14.0 Å². The molecule has 15 heavy (non-hydrogen) atoms. The van der Waals surface area contributed by atoms with Crippen LogP contribution in [0, 0.1) is 0 Å². The Balaban J connectivity index is 2.43. The maximum absolute atomic E-state index is 5.32. The van der Waals surface area contributed by atoms with Gasteiger partial charge in [-0.15, -0.1) is 0 Å². The van der Waals surface area contributed by atoms with Crippen LogP contribution in [0.4, 0.5) is 0 Å². The summed E-state index contributed by atoms with van der Waals surface area (Å²) in [6.45, 7) is 3.96. The van der Waals surface area contributed by atoms with Crippen molar-refractivity contribution in [2.75, 3.05) is 20.8 Å². The van der Waals surface area contributed by atoms with E-state index in [1.807, 2.05) is 0 Å². The van der Waals surface area contributed by atoms with E-state index in [1.165, 1.54) is 5.69 Å². The van der Waals surface area contributed by atoms with Crippen LogP contribution in [-0.2, 0) is 16.0 Å². The second kappa shape index (κ2) is 6.64. The Kier molecular flexibility index (Phi) is 5.43. The molecule has 0 N–H and O–H groups in total. The number of aryl methyl sites for hydroxylation is 1. The van der Waals surface area contributed by atoms with E-state index in [-0.39, 0.29) is 6.10 Å². The number of hydrogen-bond donors (Lipinski definition) is 0. The molecule has 0 saturated carbocycles. The molecule has 1 aromatic rings. The van der Waals surface area contributed by atoms with Gasteiger partial charge in [-0.25, -0.2) is 0 Å². The standard InChI is InChI=1S/C12H21NO2/c1-11(15-3)12-7-6-9-13(12)8-4-5-10-14-2/h6-7,9,11H,4-5,8,10H2,1-3H3. The fourth-order valence-electron chi connectivity index (χ4n) is 1.65. The normalized spacial score (nSPS) is 13.0. The van der Waals surface area contributed by atoms with Crippen LogP contribution in [-0.4, -0.2) is 25.4 Å². The van der Waals surface area contributed by atoms with Crippen molar-refractivity contribution in [2.45, 2.75) is 32.4 Å². The largest absolute Gasteiger partial charge is 0.385 e. The maximum Gasteiger partial charge on any atom is 0.0942 e. The fourth-order valence-corrected chi connectivity index (χ4v) is 1.65. The van der Waals surface area contributed by atoms with E-state index in [0.717, 1.165) is 26.0 Å². The Labute approximate surface area is 92.0 Å². The molecule has 0 radical (unpaired) electrons. The molecule has 0 fully saturated rings. The van der Waals surface area contributed by atoms with Gasteiger partial charge in [-0.1, -0.05) is 0 Å². The molecule has 1 unspecified atom stereocenters. The van der Waals surface area contributed by atoms with E-state index in [0.29, 0.717) is 0 Å². The predicted molar refractivity (Wildman–Crippen MR) is 61.0 cm³/mol. The van der Waals surface area contributed by atoms with E-state index < -0.39 is 0 Å². The zero-order valence-corrected chi connectivity index (χ0v) is 9.90. The lowest BCUT2D eigenvalue weighted by Gasteiger charge is -2.14. The summed E-state index contributed by atoms with van der Waals surface area (Å²) in [7, 11) is 3.49. The van der Waals surface area contributed by atoms with E-state index in [4.69, 9.17) is 9.47 Å². The van der Waals surface area contributed by atoms with Gasteiger partial charge in [-0.3, -0.25) is 0 Å². The summed E-state index contributed by atoms with van der Waals surface area (Å²) >= 11 is 0. The first-order chi connectivity index (χ1) is 7.29. The van der Waals surface area contributed by atoms with E-state index >= 15 is 0 Å². The Morgan fingerprint density at radius 1 is 1.33 bits per heavy atom. The van der Waals surface area contributed by atoms with E-state index in [1.54, 1.807) is 14.2 Å². The van der Waals surface area contributed by atoms with Crippen LogP contribution in [0.2, 0.25) is 0 Å². The van der Waals surface area contributed by atoms with Gasteiger partial charge in [0, 0.05) is 39.3 Å². The summed E-state index contributed by atoms with van der Waals surface area (Å²) in [5.74, 6) is 0. The van der Waals surface area contributed by atoms with Crippen molar-refractivity contribution in [3.05, 3.63) is 24.0 Å². The van der Waals surface area contributed by atoms with Crippen molar-refractivity contribution in [1.82, 2.24) is 4.57 Å². The molecule has 1 atom stereocenters. The summed E-state index contributed by atoms with van der Waals surface area (Å²) in [5, 5.41) is 0. The van der Waals surface area contributed by atoms with Gasteiger partial charge in [-0.05, 0) is 31.9 Å². The molecule has 0 aliphatic heterocycles. The zero-order valence-electron chi connectivity index (χ0n) is 9.90. The average molecular weight is 211 g/mol. The fraction of sp³-hybridized carbons (Fsp3) is 0.667.